The molecule has 0 aliphatic carbocycles. The summed E-state index contributed by atoms with van der Waals surface area (Å²) in [5, 5.41) is 1.91. The first-order valence-corrected chi connectivity index (χ1v) is 7.51. The zero-order chi connectivity index (χ0) is 15.8. The molecule has 0 amide bonds. The van der Waals surface area contributed by atoms with Crippen LogP contribution >= 0.6 is 0 Å². The number of rotatable bonds is 3. The van der Waals surface area contributed by atoms with Crippen LogP contribution in [-0.2, 0) is 13.5 Å². The molecule has 0 spiro atoms. The molecule has 112 valence electrons. The summed E-state index contributed by atoms with van der Waals surface area (Å²) >= 11 is 0. The molecule has 4 nitrogen and oxygen atoms in total. The molecule has 4 rings (SSSR count). The van der Waals surface area contributed by atoms with Gasteiger partial charge in [-0.25, -0.2) is 0 Å². The molecule has 0 aliphatic rings. The number of pyridine rings is 1. The van der Waals surface area contributed by atoms with Crippen LogP contribution in [0.3, 0.4) is 0 Å². The number of aromatic nitrogens is 2. The average Bonchev–Trinajstić information content (AvgIpc) is 3.00. The van der Waals surface area contributed by atoms with Crippen LogP contribution in [0.25, 0.3) is 21.8 Å². The Kier molecular flexibility index (Phi) is 3.15. The second-order valence-electron chi connectivity index (χ2n) is 5.61. The van der Waals surface area contributed by atoms with Gasteiger partial charge in [-0.3, -0.25) is 14.8 Å². The Morgan fingerprint density at radius 3 is 2.87 bits per heavy atom. The van der Waals surface area contributed by atoms with Crippen LogP contribution in [-0.4, -0.2) is 15.8 Å². The molecule has 4 aromatic rings. The van der Waals surface area contributed by atoms with Crippen molar-refractivity contribution in [3.63, 3.8) is 0 Å². The van der Waals surface area contributed by atoms with E-state index in [1.807, 2.05) is 60.3 Å². The summed E-state index contributed by atoms with van der Waals surface area (Å²) in [4.78, 5) is 21.3. The third-order valence-electron chi connectivity index (χ3n) is 4.09. The maximum Gasteiger partial charge on any atom is 0.230 e. The van der Waals surface area contributed by atoms with E-state index in [9.17, 15) is 4.79 Å². The highest BCUT2D eigenvalue weighted by Crippen LogP contribution is 2.26. The van der Waals surface area contributed by atoms with Crippen molar-refractivity contribution in [3.8, 4) is 0 Å². The zero-order valence-corrected chi connectivity index (χ0v) is 12.7. The van der Waals surface area contributed by atoms with Gasteiger partial charge in [-0.1, -0.05) is 30.3 Å². The molecule has 0 saturated heterocycles. The Morgan fingerprint density at radius 1 is 1.22 bits per heavy atom. The quantitative estimate of drug-likeness (QED) is 0.544. The van der Waals surface area contributed by atoms with Gasteiger partial charge in [-0.05, 0) is 17.7 Å². The van der Waals surface area contributed by atoms with Crippen molar-refractivity contribution in [2.45, 2.75) is 6.42 Å². The van der Waals surface area contributed by atoms with E-state index in [1.54, 1.807) is 12.4 Å². The molecule has 2 aromatic carbocycles. The number of hydrogen-bond acceptors (Lipinski definition) is 3. The lowest BCUT2D eigenvalue weighted by Crippen LogP contribution is -2.03. The highest BCUT2D eigenvalue weighted by Gasteiger charge is 2.13. The van der Waals surface area contributed by atoms with Crippen LogP contribution in [0, 0.1) is 0 Å². The van der Waals surface area contributed by atoms with E-state index in [2.05, 4.69) is 9.98 Å². The van der Waals surface area contributed by atoms with Gasteiger partial charge < -0.3 is 4.57 Å². The standard InChI is InChI=1S/C19H15N3O/c1-22-10-8-14-12-21-18-17(14)16(22)11-15(19(18)23)20-9-7-13-5-3-2-4-6-13/h2-6,8-12H,7H2,1H3. The van der Waals surface area contributed by atoms with Crippen molar-refractivity contribution in [2.24, 2.45) is 12.0 Å². The normalized spacial score (nSPS) is 11.9. The fraction of sp³-hybridized carbons (Fsp3) is 0.105. The SMILES string of the molecule is Cn1ccc2cnc3c(=O)c(N=CCc4ccccc4)cc1c23. The lowest BCUT2D eigenvalue weighted by Gasteiger charge is -2.06. The number of benzene rings is 2. The molecular weight excluding hydrogens is 286 g/mol. The highest BCUT2D eigenvalue weighted by molar-refractivity contribution is 6.09. The maximum absolute atomic E-state index is 12.6. The summed E-state index contributed by atoms with van der Waals surface area (Å²) in [6, 6.07) is 13.9. The summed E-state index contributed by atoms with van der Waals surface area (Å²) in [6.07, 6.45) is 6.20. The maximum atomic E-state index is 12.6. The molecule has 23 heavy (non-hydrogen) atoms. The van der Waals surface area contributed by atoms with E-state index >= 15 is 0 Å². The van der Waals surface area contributed by atoms with E-state index in [0.717, 1.165) is 16.3 Å². The largest absolute Gasteiger partial charge is 0.350 e. The Labute approximate surface area is 133 Å². The zero-order valence-electron chi connectivity index (χ0n) is 12.7. The molecule has 0 bridgehead atoms. The Bertz CT molecular complexity index is 1060. The van der Waals surface area contributed by atoms with E-state index < -0.39 is 0 Å². The summed E-state index contributed by atoms with van der Waals surface area (Å²) in [7, 11) is 1.96. The third-order valence-corrected chi connectivity index (χ3v) is 4.09. The van der Waals surface area contributed by atoms with E-state index in [4.69, 9.17) is 0 Å². The van der Waals surface area contributed by atoms with Crippen LogP contribution < -0.4 is 5.43 Å². The van der Waals surface area contributed by atoms with Gasteiger partial charge in [0.25, 0.3) is 0 Å². The third kappa shape index (κ3) is 2.28. The van der Waals surface area contributed by atoms with E-state index in [-0.39, 0.29) is 5.43 Å². The van der Waals surface area contributed by atoms with Crippen molar-refractivity contribution in [3.05, 3.63) is 70.6 Å². The smallest absolute Gasteiger partial charge is 0.230 e. The lowest BCUT2D eigenvalue weighted by molar-refractivity contribution is 0.956. The number of hydrogen-bond donors (Lipinski definition) is 0. The van der Waals surface area contributed by atoms with Gasteiger partial charge in [0.2, 0.25) is 5.43 Å². The molecule has 0 saturated carbocycles. The van der Waals surface area contributed by atoms with Crippen molar-refractivity contribution in [1.82, 2.24) is 9.55 Å². The van der Waals surface area contributed by atoms with Crippen LogP contribution in [0.1, 0.15) is 5.56 Å². The molecule has 0 radical (unpaired) electrons. The van der Waals surface area contributed by atoms with Crippen molar-refractivity contribution < 1.29 is 0 Å². The summed E-state index contributed by atoms with van der Waals surface area (Å²) in [5.41, 5.74) is 2.97. The number of aliphatic imine (C=N–C) groups is 1. The predicted molar refractivity (Wildman–Crippen MR) is 94.0 cm³/mol. The van der Waals surface area contributed by atoms with E-state index in [0.29, 0.717) is 17.6 Å². The van der Waals surface area contributed by atoms with Gasteiger partial charge in [-0.2, -0.15) is 0 Å². The topological polar surface area (TPSA) is 47.2 Å². The molecule has 0 unspecified atom stereocenters. The molecule has 0 fully saturated rings. The Balaban J connectivity index is 1.80. The van der Waals surface area contributed by atoms with Gasteiger partial charge in [-0.15, -0.1) is 0 Å². The average molecular weight is 301 g/mol. The highest BCUT2D eigenvalue weighted by atomic mass is 16.1. The molecule has 0 aliphatic heterocycles. The molecule has 2 aromatic heterocycles. The first kappa shape index (κ1) is 13.6. The second-order valence-corrected chi connectivity index (χ2v) is 5.61. The van der Waals surface area contributed by atoms with Crippen molar-refractivity contribution in [2.75, 3.05) is 0 Å². The van der Waals surface area contributed by atoms with Crippen molar-refractivity contribution >= 4 is 33.7 Å². The summed E-state index contributed by atoms with van der Waals surface area (Å²) < 4.78 is 1.99. The minimum Gasteiger partial charge on any atom is -0.350 e. The van der Waals surface area contributed by atoms with Crippen LogP contribution in [0.5, 0.6) is 0 Å². The minimum atomic E-state index is -0.108. The monoisotopic (exact) mass is 301 g/mol. The first-order chi connectivity index (χ1) is 11.2. The summed E-state index contributed by atoms with van der Waals surface area (Å²) in [6.45, 7) is 0. The van der Waals surface area contributed by atoms with Crippen molar-refractivity contribution in [1.29, 1.82) is 0 Å². The first-order valence-electron chi connectivity index (χ1n) is 7.51. The molecule has 2 heterocycles. The number of nitrogens with zero attached hydrogens (tertiary/aromatic N) is 3. The van der Waals surface area contributed by atoms with Gasteiger partial charge in [0, 0.05) is 42.8 Å². The van der Waals surface area contributed by atoms with Crippen LogP contribution in [0.15, 0.2) is 64.6 Å². The Hall–Kier alpha value is -3.01. The van der Waals surface area contributed by atoms with Crippen LogP contribution in [0.2, 0.25) is 0 Å². The predicted octanol–water partition coefficient (Wildman–Crippen LogP) is 3.47. The van der Waals surface area contributed by atoms with Gasteiger partial charge in [0.1, 0.15) is 11.2 Å². The minimum absolute atomic E-state index is 0.108. The summed E-state index contributed by atoms with van der Waals surface area (Å²) in [5.74, 6) is 0. The molecule has 0 atom stereocenters. The fourth-order valence-electron chi connectivity index (χ4n) is 2.87. The van der Waals surface area contributed by atoms with Gasteiger partial charge >= 0.3 is 0 Å². The number of aryl methyl sites for hydroxylation is 1. The molecule has 4 heteroatoms. The Morgan fingerprint density at radius 2 is 2.04 bits per heavy atom. The van der Waals surface area contributed by atoms with Gasteiger partial charge in [0.05, 0.1) is 5.52 Å². The fourth-order valence-corrected chi connectivity index (χ4v) is 2.87. The van der Waals surface area contributed by atoms with E-state index in [1.165, 1.54) is 5.56 Å². The molecular formula is C19H15N3O. The van der Waals surface area contributed by atoms with Crippen LogP contribution in [0.4, 0.5) is 5.69 Å². The van der Waals surface area contributed by atoms with Gasteiger partial charge in [0.15, 0.2) is 0 Å². The molecule has 0 N–H and O–H groups in total. The second kappa shape index (κ2) is 5.32. The lowest BCUT2D eigenvalue weighted by atomic mass is 10.1.